The largest absolute Gasteiger partial charge is 0.496 e. The number of carbonyl (C=O) groups is 1. The molecular weight excluding hydrogens is 364 g/mol. The Labute approximate surface area is 173 Å². The minimum atomic E-state index is -0.214. The third kappa shape index (κ3) is 4.50. The Hall–Kier alpha value is -2.27. The number of aliphatic hydroxyl groups is 1. The van der Waals surface area contributed by atoms with Crippen molar-refractivity contribution in [3.63, 3.8) is 0 Å². The van der Waals surface area contributed by atoms with E-state index in [0.29, 0.717) is 6.54 Å². The van der Waals surface area contributed by atoms with Crippen LogP contribution in [0.5, 0.6) is 5.75 Å². The van der Waals surface area contributed by atoms with E-state index < -0.39 is 0 Å². The number of nitrogens with one attached hydrogen (secondary N) is 1. The Morgan fingerprint density at radius 2 is 1.79 bits per heavy atom. The predicted molar refractivity (Wildman–Crippen MR) is 115 cm³/mol. The summed E-state index contributed by atoms with van der Waals surface area (Å²) in [6.45, 7) is 0.552. The molecule has 29 heavy (non-hydrogen) atoms. The molecule has 2 aromatic rings. The lowest BCUT2D eigenvalue weighted by Crippen LogP contribution is -2.49. The van der Waals surface area contributed by atoms with E-state index in [2.05, 4.69) is 23.5 Å². The van der Waals surface area contributed by atoms with Gasteiger partial charge in [-0.1, -0.05) is 43.2 Å². The zero-order chi connectivity index (χ0) is 20.2. The van der Waals surface area contributed by atoms with Crippen LogP contribution in [-0.4, -0.2) is 41.3 Å². The molecule has 2 N–H and O–H groups in total. The van der Waals surface area contributed by atoms with Crippen molar-refractivity contribution in [1.82, 2.24) is 10.2 Å². The maximum atomic E-state index is 13.3. The minimum Gasteiger partial charge on any atom is -0.496 e. The zero-order valence-corrected chi connectivity index (χ0v) is 17.3. The monoisotopic (exact) mass is 396 g/mol. The zero-order valence-electron chi connectivity index (χ0n) is 17.3. The number of benzene rings is 2. The molecule has 2 amide bonds. The van der Waals surface area contributed by atoms with E-state index in [1.165, 1.54) is 12.8 Å². The summed E-state index contributed by atoms with van der Waals surface area (Å²) in [5.74, 6) is 0.834. The van der Waals surface area contributed by atoms with Gasteiger partial charge in [-0.3, -0.25) is 0 Å². The van der Waals surface area contributed by atoms with Crippen molar-refractivity contribution in [2.45, 2.75) is 76.1 Å². The van der Waals surface area contributed by atoms with E-state index in [4.69, 9.17) is 4.74 Å². The molecule has 2 saturated carbocycles. The molecule has 2 aromatic carbocycles. The Balaban J connectivity index is 1.59. The molecule has 0 atom stereocenters. The first-order valence-corrected chi connectivity index (χ1v) is 11.0. The molecule has 0 bridgehead atoms. The first-order chi connectivity index (χ1) is 14.2. The number of urea groups is 1. The van der Waals surface area contributed by atoms with Gasteiger partial charge in [-0.2, -0.15) is 0 Å². The summed E-state index contributed by atoms with van der Waals surface area (Å²) in [4.78, 5) is 15.4. The summed E-state index contributed by atoms with van der Waals surface area (Å²) < 4.78 is 5.67. The van der Waals surface area contributed by atoms with Crippen LogP contribution in [0.15, 0.2) is 36.4 Å². The van der Waals surface area contributed by atoms with Gasteiger partial charge in [0.05, 0.1) is 19.8 Å². The van der Waals surface area contributed by atoms with E-state index in [9.17, 15) is 9.90 Å². The van der Waals surface area contributed by atoms with Crippen LogP contribution in [0.2, 0.25) is 0 Å². The van der Waals surface area contributed by atoms with Gasteiger partial charge in [0.2, 0.25) is 0 Å². The highest BCUT2D eigenvalue weighted by Crippen LogP contribution is 2.32. The third-order valence-corrected chi connectivity index (χ3v) is 6.60. The van der Waals surface area contributed by atoms with Crippen LogP contribution >= 0.6 is 0 Å². The molecule has 2 aliphatic rings. The van der Waals surface area contributed by atoms with Crippen LogP contribution < -0.4 is 10.1 Å². The Morgan fingerprint density at radius 1 is 1.07 bits per heavy atom. The number of fused-ring (bicyclic) bond motifs is 1. The van der Waals surface area contributed by atoms with Crippen LogP contribution in [0, 0.1) is 0 Å². The number of hydrogen-bond donors (Lipinski definition) is 2. The Kier molecular flexibility index (Phi) is 6.24. The highest BCUT2D eigenvalue weighted by atomic mass is 16.5. The fourth-order valence-corrected chi connectivity index (χ4v) is 4.90. The molecule has 0 aliphatic heterocycles. The lowest BCUT2D eigenvalue weighted by molar-refractivity contribution is 0.112. The van der Waals surface area contributed by atoms with E-state index in [1.807, 2.05) is 23.1 Å². The van der Waals surface area contributed by atoms with Gasteiger partial charge in [0.15, 0.2) is 0 Å². The molecule has 2 aliphatic carbocycles. The topological polar surface area (TPSA) is 61.8 Å². The predicted octanol–water partition coefficient (Wildman–Crippen LogP) is 4.61. The second kappa shape index (κ2) is 9.04. The molecule has 0 spiro atoms. The van der Waals surface area contributed by atoms with Crippen molar-refractivity contribution in [1.29, 1.82) is 0 Å². The number of aliphatic hydroxyl groups excluding tert-OH is 1. The Bertz CT molecular complexity index is 839. The second-order valence-corrected chi connectivity index (χ2v) is 8.49. The van der Waals surface area contributed by atoms with Crippen molar-refractivity contribution in [3.05, 3.63) is 42.0 Å². The molecule has 5 heteroatoms. The summed E-state index contributed by atoms with van der Waals surface area (Å²) in [7, 11) is 1.70. The number of rotatable bonds is 5. The van der Waals surface area contributed by atoms with Crippen molar-refractivity contribution >= 4 is 16.8 Å². The summed E-state index contributed by atoms with van der Waals surface area (Å²) in [6.07, 6.45) is 7.50. The van der Waals surface area contributed by atoms with Crippen molar-refractivity contribution in [3.8, 4) is 5.75 Å². The van der Waals surface area contributed by atoms with Crippen molar-refractivity contribution in [2.75, 3.05) is 7.11 Å². The highest BCUT2D eigenvalue weighted by Gasteiger charge is 2.30. The highest BCUT2D eigenvalue weighted by molar-refractivity contribution is 5.88. The van der Waals surface area contributed by atoms with Crippen LogP contribution in [0.4, 0.5) is 4.79 Å². The first kappa shape index (κ1) is 20.0. The molecule has 0 aromatic heterocycles. The molecule has 0 unspecified atom stereocenters. The van der Waals surface area contributed by atoms with Crippen LogP contribution in [0.3, 0.4) is 0 Å². The van der Waals surface area contributed by atoms with Crippen LogP contribution in [0.25, 0.3) is 10.8 Å². The maximum absolute atomic E-state index is 13.3. The molecule has 156 valence electrons. The minimum absolute atomic E-state index is 0.0216. The van der Waals surface area contributed by atoms with Gasteiger partial charge < -0.3 is 20.1 Å². The average molecular weight is 397 g/mol. The second-order valence-electron chi connectivity index (χ2n) is 8.49. The van der Waals surface area contributed by atoms with Crippen molar-refractivity contribution in [2.24, 2.45) is 0 Å². The smallest absolute Gasteiger partial charge is 0.318 e. The lowest BCUT2D eigenvalue weighted by Gasteiger charge is -2.33. The lowest BCUT2D eigenvalue weighted by atomic mass is 9.93. The molecule has 0 heterocycles. The molecule has 5 nitrogen and oxygen atoms in total. The van der Waals surface area contributed by atoms with Gasteiger partial charge in [0.25, 0.3) is 0 Å². The van der Waals surface area contributed by atoms with Gasteiger partial charge in [-0.25, -0.2) is 4.79 Å². The van der Waals surface area contributed by atoms with Crippen LogP contribution in [-0.2, 0) is 6.54 Å². The van der Waals surface area contributed by atoms with E-state index in [-0.39, 0.29) is 24.2 Å². The van der Waals surface area contributed by atoms with Crippen molar-refractivity contribution < 1.29 is 14.6 Å². The number of hydrogen-bond acceptors (Lipinski definition) is 3. The summed E-state index contributed by atoms with van der Waals surface area (Å²) >= 11 is 0. The third-order valence-electron chi connectivity index (χ3n) is 6.60. The first-order valence-electron chi connectivity index (χ1n) is 11.0. The quantitative estimate of drug-likeness (QED) is 0.776. The molecule has 2 fully saturated rings. The number of methoxy groups -OCH3 is 1. The number of ether oxygens (including phenoxy) is 1. The SMILES string of the molecule is COc1ccc2ccccc2c1CN(C(=O)NC1CCC(O)CC1)C1CCCC1. The molecule has 4 rings (SSSR count). The van der Waals surface area contributed by atoms with Gasteiger partial charge in [-0.05, 0) is 55.4 Å². The van der Waals surface area contributed by atoms with E-state index in [1.54, 1.807) is 7.11 Å². The normalized spacial score (nSPS) is 22.6. The average Bonchev–Trinajstić information content (AvgIpc) is 3.27. The number of nitrogens with zero attached hydrogens (tertiary/aromatic N) is 1. The van der Waals surface area contributed by atoms with Gasteiger partial charge in [0, 0.05) is 17.6 Å². The standard InChI is InChI=1S/C24H32N2O3/c1-29-23-15-10-17-6-2-5-9-21(17)22(23)16-26(19-7-3-4-8-19)24(28)25-18-11-13-20(27)14-12-18/h2,5-6,9-10,15,18-20,27H,3-4,7-8,11-14,16H2,1H3,(H,25,28). The molecule has 0 saturated heterocycles. The Morgan fingerprint density at radius 3 is 2.52 bits per heavy atom. The van der Waals surface area contributed by atoms with E-state index in [0.717, 1.165) is 60.6 Å². The van der Waals surface area contributed by atoms with E-state index >= 15 is 0 Å². The van der Waals surface area contributed by atoms with Crippen LogP contribution in [0.1, 0.15) is 56.9 Å². The summed E-state index contributed by atoms with van der Waals surface area (Å²) in [5.41, 5.74) is 1.08. The molecule has 0 radical (unpaired) electrons. The number of amides is 2. The summed E-state index contributed by atoms with van der Waals surface area (Å²) in [6, 6.07) is 12.8. The maximum Gasteiger partial charge on any atom is 0.318 e. The molecular formula is C24H32N2O3. The van der Waals surface area contributed by atoms with Gasteiger partial charge in [-0.15, -0.1) is 0 Å². The fourth-order valence-electron chi connectivity index (χ4n) is 4.90. The summed E-state index contributed by atoms with van der Waals surface area (Å²) in [5, 5.41) is 15.3. The van der Waals surface area contributed by atoms with Gasteiger partial charge in [0.1, 0.15) is 5.75 Å². The number of carbonyl (C=O) groups excluding carboxylic acids is 1. The van der Waals surface area contributed by atoms with Gasteiger partial charge >= 0.3 is 6.03 Å². The fraction of sp³-hybridized carbons (Fsp3) is 0.542.